The van der Waals surface area contributed by atoms with Gasteiger partial charge in [-0.05, 0) is 105 Å². The summed E-state index contributed by atoms with van der Waals surface area (Å²) in [5.41, 5.74) is 10.6. The van der Waals surface area contributed by atoms with Crippen molar-refractivity contribution in [1.82, 2.24) is 30.2 Å². The maximum Gasteiger partial charge on any atom is 0.131 e. The van der Waals surface area contributed by atoms with Crippen molar-refractivity contribution in [2.24, 2.45) is 9.98 Å². The molecule has 1 atom stereocenters. The summed E-state index contributed by atoms with van der Waals surface area (Å²) >= 11 is 0. The molecule has 7 rings (SSSR count). The van der Waals surface area contributed by atoms with E-state index in [1.165, 1.54) is 16.8 Å². The third kappa shape index (κ3) is 12.2. The Bertz CT molecular complexity index is 2120. The first-order chi connectivity index (χ1) is 27.0. The lowest BCUT2D eigenvalue weighted by Gasteiger charge is -2.25. The van der Waals surface area contributed by atoms with Crippen molar-refractivity contribution in [3.63, 3.8) is 0 Å². The van der Waals surface area contributed by atoms with Gasteiger partial charge in [-0.2, -0.15) is 0 Å². The fourth-order valence-corrected chi connectivity index (χ4v) is 5.70. The van der Waals surface area contributed by atoms with E-state index in [2.05, 4.69) is 103 Å². The van der Waals surface area contributed by atoms with Crippen LogP contribution in [-0.4, -0.2) is 58.0 Å². The number of benzene rings is 2. The number of amidine groups is 1. The maximum absolute atomic E-state index is 5.00. The molecule has 0 saturated carbocycles. The van der Waals surface area contributed by atoms with E-state index in [0.717, 1.165) is 51.8 Å². The number of rotatable bonds is 10. The van der Waals surface area contributed by atoms with Gasteiger partial charge in [0.1, 0.15) is 11.9 Å². The lowest BCUT2D eigenvalue weighted by Crippen LogP contribution is -2.32. The minimum atomic E-state index is -0.217. The summed E-state index contributed by atoms with van der Waals surface area (Å²) < 4.78 is 0. The van der Waals surface area contributed by atoms with Crippen LogP contribution in [0.5, 0.6) is 0 Å². The molecule has 9 nitrogen and oxygen atoms in total. The number of nitrogens with one attached hydrogen (secondary N) is 2. The Morgan fingerprint density at radius 2 is 1.67 bits per heavy atom. The highest BCUT2D eigenvalue weighted by Gasteiger charge is 2.18. The van der Waals surface area contributed by atoms with Gasteiger partial charge in [-0.15, -0.1) is 0 Å². The largest absolute Gasteiger partial charge is 0.357 e. The van der Waals surface area contributed by atoms with E-state index in [0.29, 0.717) is 13.1 Å². The summed E-state index contributed by atoms with van der Waals surface area (Å²) in [6.45, 7) is 9.77. The van der Waals surface area contributed by atoms with Gasteiger partial charge in [-0.3, -0.25) is 29.9 Å². The normalized spacial score (nSPS) is 12.9. The van der Waals surface area contributed by atoms with Crippen molar-refractivity contribution in [3.8, 4) is 11.3 Å². The number of pyridine rings is 4. The van der Waals surface area contributed by atoms with Gasteiger partial charge in [-0.25, -0.2) is 0 Å². The zero-order valence-corrected chi connectivity index (χ0v) is 32.0. The number of nitrogens with zero attached hydrogens (tertiary/aromatic N) is 7. The van der Waals surface area contributed by atoms with Crippen molar-refractivity contribution >= 4 is 24.3 Å². The van der Waals surface area contributed by atoms with Gasteiger partial charge in [0.05, 0.1) is 23.6 Å². The third-order valence-corrected chi connectivity index (χ3v) is 8.61. The van der Waals surface area contributed by atoms with E-state index in [4.69, 9.17) is 9.98 Å². The molecular formula is C46H49N9. The van der Waals surface area contributed by atoms with Crippen molar-refractivity contribution in [2.45, 2.75) is 33.0 Å². The molecule has 1 aliphatic heterocycles. The topological polar surface area (TPSA) is 104 Å². The van der Waals surface area contributed by atoms with Crippen LogP contribution in [0, 0.1) is 6.92 Å². The fourth-order valence-electron chi connectivity index (χ4n) is 5.70. The predicted molar refractivity (Wildman–Crippen MR) is 228 cm³/mol. The van der Waals surface area contributed by atoms with Crippen LogP contribution in [0.1, 0.15) is 46.6 Å². The number of aryl methyl sites for hydroxylation is 1. The van der Waals surface area contributed by atoms with E-state index >= 15 is 0 Å². The molecule has 0 saturated heterocycles. The number of fused-ring (bicyclic) bond motifs is 1. The highest BCUT2D eigenvalue weighted by molar-refractivity contribution is 5.98. The molecule has 9 heteroatoms. The van der Waals surface area contributed by atoms with Crippen molar-refractivity contribution in [1.29, 1.82) is 0 Å². The molecule has 278 valence electrons. The number of likely N-dealkylation sites (N-methyl/N-ethyl adjacent to an activating group) is 1. The van der Waals surface area contributed by atoms with E-state index in [1.807, 2.05) is 107 Å². The maximum atomic E-state index is 5.00. The number of aliphatic imine (C=N–C) groups is 2. The van der Waals surface area contributed by atoms with Crippen LogP contribution in [0.2, 0.25) is 0 Å². The highest BCUT2D eigenvalue weighted by atomic mass is 15.2. The molecule has 0 fully saturated rings. The van der Waals surface area contributed by atoms with Crippen molar-refractivity contribution in [2.75, 3.05) is 26.0 Å². The summed E-state index contributed by atoms with van der Waals surface area (Å²) in [6.07, 6.45) is 15.3. The van der Waals surface area contributed by atoms with Gasteiger partial charge < -0.3 is 15.5 Å². The Labute approximate surface area is 325 Å². The highest BCUT2D eigenvalue weighted by Crippen LogP contribution is 2.24. The first kappa shape index (κ1) is 39.6. The van der Waals surface area contributed by atoms with Gasteiger partial charge in [0.15, 0.2) is 0 Å². The molecule has 5 heterocycles. The Morgan fingerprint density at radius 3 is 2.33 bits per heavy atom. The third-order valence-electron chi connectivity index (χ3n) is 8.61. The molecule has 0 aliphatic carbocycles. The van der Waals surface area contributed by atoms with E-state index in [1.54, 1.807) is 18.6 Å². The van der Waals surface area contributed by atoms with Crippen LogP contribution in [-0.2, 0) is 13.1 Å². The van der Waals surface area contributed by atoms with Crippen molar-refractivity contribution in [3.05, 3.63) is 192 Å². The monoisotopic (exact) mass is 727 g/mol. The van der Waals surface area contributed by atoms with Crippen LogP contribution in [0.4, 0.5) is 5.69 Å². The summed E-state index contributed by atoms with van der Waals surface area (Å²) in [5.74, 6) is 0.874. The number of anilines is 1. The zero-order chi connectivity index (χ0) is 38.7. The molecule has 0 radical (unpaired) electrons. The first-order valence-corrected chi connectivity index (χ1v) is 18.3. The smallest absolute Gasteiger partial charge is 0.131 e. The lowest BCUT2D eigenvalue weighted by atomic mass is 10.1. The first-order valence-electron chi connectivity index (χ1n) is 18.3. The second-order valence-electron chi connectivity index (χ2n) is 12.8. The molecule has 0 spiro atoms. The number of allylic oxidation sites excluding steroid dienone is 2. The lowest BCUT2D eigenvalue weighted by molar-refractivity contribution is 0.452. The molecule has 0 amide bonds. The molecule has 1 unspecified atom stereocenters. The van der Waals surface area contributed by atoms with E-state index < -0.39 is 0 Å². The number of para-hydroxylation sites is 1. The van der Waals surface area contributed by atoms with E-state index in [9.17, 15) is 0 Å². The quantitative estimate of drug-likeness (QED) is 0.107. The SMILES string of the molecule is C/C=C1/C=Cc2ccccc2N1.C=NC(CN(C)C(=NCc1ccc(C)cn1)c1cccc(CNC)c1)c1ccc(-c2ccccn2)cn1.c1ccncc1. The Balaban J connectivity index is 0.000000260. The zero-order valence-electron chi connectivity index (χ0n) is 32.0. The molecule has 0 bridgehead atoms. The molecule has 2 aromatic carbocycles. The summed E-state index contributed by atoms with van der Waals surface area (Å²) in [5, 5.41) is 6.54. The summed E-state index contributed by atoms with van der Waals surface area (Å²) in [7, 11) is 3.98. The molecule has 2 N–H and O–H groups in total. The molecule has 1 aliphatic rings. The van der Waals surface area contributed by atoms with Crippen LogP contribution >= 0.6 is 0 Å². The predicted octanol–water partition coefficient (Wildman–Crippen LogP) is 9.00. The van der Waals surface area contributed by atoms with Gasteiger partial charge in [0.25, 0.3) is 0 Å². The van der Waals surface area contributed by atoms with E-state index in [-0.39, 0.29) is 6.04 Å². The van der Waals surface area contributed by atoms with Gasteiger partial charge in [0.2, 0.25) is 0 Å². The number of hydrogen-bond acceptors (Lipinski definition) is 8. The summed E-state index contributed by atoms with van der Waals surface area (Å²) in [4.78, 5) is 28.9. The van der Waals surface area contributed by atoms with Gasteiger partial charge >= 0.3 is 0 Å². The standard InChI is InChI=1S/C30H33N7.C11H11N.C5H5N/c1-22-11-13-26(34-17-22)20-36-30(24-9-7-8-23(16-24)18-31-2)37(4)21-29(32-3)28-14-12-25(19-35-28)27-10-5-6-15-33-27;1-2-10-8-7-9-5-3-4-6-11(9)12-10;1-2-4-6-5-3-1/h5-17,19,29,31H,3,18,20-21H2,1-2,4H3;2-8,12H,1H3;1-5H/b;10-2-;. The van der Waals surface area contributed by atoms with Crippen LogP contribution in [0.15, 0.2) is 168 Å². The molecule has 4 aromatic heterocycles. The number of hydrogen-bond donors (Lipinski definition) is 2. The second-order valence-corrected chi connectivity index (χ2v) is 12.8. The Morgan fingerprint density at radius 1 is 0.855 bits per heavy atom. The van der Waals surface area contributed by atoms with Gasteiger partial charge in [-0.1, -0.05) is 66.7 Å². The number of aromatic nitrogens is 4. The molecule has 55 heavy (non-hydrogen) atoms. The van der Waals surface area contributed by atoms with Crippen LogP contribution in [0.25, 0.3) is 17.3 Å². The average molecular weight is 728 g/mol. The van der Waals surface area contributed by atoms with Crippen LogP contribution in [0.3, 0.4) is 0 Å². The average Bonchev–Trinajstić information content (AvgIpc) is 3.25. The van der Waals surface area contributed by atoms with Gasteiger partial charge in [0, 0.05) is 73.6 Å². The minimum absolute atomic E-state index is 0.217. The van der Waals surface area contributed by atoms with Crippen LogP contribution < -0.4 is 10.6 Å². The minimum Gasteiger partial charge on any atom is -0.357 e. The fraction of sp³-hybridized carbons (Fsp3) is 0.174. The van der Waals surface area contributed by atoms with Crippen molar-refractivity contribution < 1.29 is 0 Å². The molecule has 6 aromatic rings. The Kier molecular flexibility index (Phi) is 15.3. The Hall–Kier alpha value is -6.58. The molecular weight excluding hydrogens is 679 g/mol. The summed E-state index contributed by atoms with van der Waals surface area (Å²) in [6, 6.07) is 36.2. The second kappa shape index (κ2) is 21.2.